The molecule has 3 heteroatoms. The topological polar surface area (TPSA) is 34.3 Å². The third kappa shape index (κ3) is 3.68. The second kappa shape index (κ2) is 7.25. The highest BCUT2D eigenvalue weighted by atomic mass is 16.6. The van der Waals surface area contributed by atoms with Gasteiger partial charge in [-0.25, -0.2) is 0 Å². The molecule has 0 aromatic heterocycles. The van der Waals surface area contributed by atoms with E-state index in [1.165, 1.54) is 51.4 Å². The van der Waals surface area contributed by atoms with Crippen LogP contribution in [0, 0.1) is 17.8 Å². The lowest BCUT2D eigenvalue weighted by Crippen LogP contribution is -2.51. The molecule has 2 saturated heterocycles. The van der Waals surface area contributed by atoms with Gasteiger partial charge in [0.2, 0.25) is 0 Å². The Bertz CT molecular complexity index is 417. The minimum absolute atomic E-state index is 0.0273. The van der Waals surface area contributed by atoms with Gasteiger partial charge >= 0.3 is 0 Å². The summed E-state index contributed by atoms with van der Waals surface area (Å²) in [7, 11) is 1.89. The van der Waals surface area contributed by atoms with Crippen LogP contribution in [-0.4, -0.2) is 37.1 Å². The molecule has 3 nitrogen and oxygen atoms in total. The Morgan fingerprint density at radius 3 is 2.54 bits per heavy atom. The van der Waals surface area contributed by atoms with Crippen molar-refractivity contribution in [3.63, 3.8) is 0 Å². The number of epoxide rings is 2. The van der Waals surface area contributed by atoms with Crippen molar-refractivity contribution in [3.8, 4) is 0 Å². The predicted molar refractivity (Wildman–Crippen MR) is 97.2 cm³/mol. The molecule has 0 unspecified atom stereocenters. The first-order valence-corrected chi connectivity index (χ1v) is 10.3. The van der Waals surface area contributed by atoms with Gasteiger partial charge in [0.1, 0.15) is 5.60 Å². The first kappa shape index (κ1) is 18.7. The van der Waals surface area contributed by atoms with E-state index in [0.717, 1.165) is 18.4 Å². The molecule has 140 valence electrons. The maximum Gasteiger partial charge on any atom is 0.100 e. The van der Waals surface area contributed by atoms with Crippen molar-refractivity contribution >= 4 is 0 Å². The number of hydrogen-bond donors (Lipinski definition) is 0. The second-order valence-corrected chi connectivity index (χ2v) is 9.17. The van der Waals surface area contributed by atoms with Gasteiger partial charge < -0.3 is 14.2 Å². The highest BCUT2D eigenvalue weighted by Gasteiger charge is 2.71. The number of rotatable bonds is 9. The molecule has 3 rings (SSSR count). The Balaban J connectivity index is 1.63. The van der Waals surface area contributed by atoms with Gasteiger partial charge in [0, 0.05) is 13.0 Å². The normalized spacial score (nSPS) is 44.2. The Labute approximate surface area is 148 Å². The summed E-state index contributed by atoms with van der Waals surface area (Å²) in [5.41, 5.74) is 0.0254. The van der Waals surface area contributed by atoms with Crippen LogP contribution in [-0.2, 0) is 14.2 Å². The predicted octanol–water partition coefficient (Wildman–Crippen LogP) is 4.97. The van der Waals surface area contributed by atoms with Gasteiger partial charge in [-0.15, -0.1) is 0 Å². The molecule has 2 aliphatic heterocycles. The van der Waals surface area contributed by atoms with Gasteiger partial charge in [-0.1, -0.05) is 46.5 Å². The molecule has 24 heavy (non-hydrogen) atoms. The van der Waals surface area contributed by atoms with Crippen LogP contribution < -0.4 is 0 Å². The summed E-state index contributed by atoms with van der Waals surface area (Å²) in [6.07, 6.45) is 10.9. The first-order valence-electron chi connectivity index (χ1n) is 10.3. The molecule has 0 N–H and O–H groups in total. The lowest BCUT2D eigenvalue weighted by molar-refractivity contribution is -0.0679. The van der Waals surface area contributed by atoms with Crippen LogP contribution >= 0.6 is 0 Å². The molecule has 0 aromatic carbocycles. The average molecular weight is 339 g/mol. The van der Waals surface area contributed by atoms with Gasteiger partial charge in [-0.2, -0.15) is 0 Å². The van der Waals surface area contributed by atoms with Crippen molar-refractivity contribution in [1.82, 2.24) is 0 Å². The zero-order valence-corrected chi connectivity index (χ0v) is 16.5. The number of ether oxygens (including phenoxy) is 3. The van der Waals surface area contributed by atoms with Crippen LogP contribution in [0.15, 0.2) is 0 Å². The Kier molecular flexibility index (Phi) is 5.64. The monoisotopic (exact) mass is 338 g/mol. The average Bonchev–Trinajstić information content (AvgIpc) is 3.44. The fourth-order valence-corrected chi connectivity index (χ4v) is 5.30. The Morgan fingerprint density at radius 2 is 1.96 bits per heavy atom. The SMILES string of the molecule is CCCCC[C@H]1C[C@H](OC)[C@H]([C@@]2(C)O[C@@H]2CCC(C)C)[C@@]2(CO2)C1. The van der Waals surface area contributed by atoms with E-state index in [9.17, 15) is 0 Å². The zero-order chi connectivity index (χ0) is 17.4. The second-order valence-electron chi connectivity index (χ2n) is 9.17. The van der Waals surface area contributed by atoms with Crippen molar-refractivity contribution in [2.45, 2.75) is 102 Å². The molecule has 1 spiro atoms. The molecule has 3 fully saturated rings. The third-order valence-electron chi connectivity index (χ3n) is 6.77. The minimum Gasteiger partial charge on any atom is -0.381 e. The largest absolute Gasteiger partial charge is 0.381 e. The summed E-state index contributed by atoms with van der Waals surface area (Å²) >= 11 is 0. The molecular weight excluding hydrogens is 300 g/mol. The van der Waals surface area contributed by atoms with E-state index in [2.05, 4.69) is 27.7 Å². The summed E-state index contributed by atoms with van der Waals surface area (Å²) in [5, 5.41) is 0. The maximum atomic E-state index is 6.28. The highest BCUT2D eigenvalue weighted by Crippen LogP contribution is 2.60. The van der Waals surface area contributed by atoms with E-state index in [4.69, 9.17) is 14.2 Å². The van der Waals surface area contributed by atoms with E-state index in [1.807, 2.05) is 7.11 Å². The van der Waals surface area contributed by atoms with E-state index in [0.29, 0.717) is 18.1 Å². The summed E-state index contributed by atoms with van der Waals surface area (Å²) in [4.78, 5) is 0. The summed E-state index contributed by atoms with van der Waals surface area (Å²) in [6, 6.07) is 0. The lowest BCUT2D eigenvalue weighted by Gasteiger charge is -2.42. The number of hydrogen-bond acceptors (Lipinski definition) is 3. The molecule has 1 saturated carbocycles. The van der Waals surface area contributed by atoms with Crippen LogP contribution in [0.25, 0.3) is 0 Å². The Hall–Kier alpha value is -0.120. The number of unbranched alkanes of at least 4 members (excludes halogenated alkanes) is 2. The summed E-state index contributed by atoms with van der Waals surface area (Å²) in [5.74, 6) is 1.92. The van der Waals surface area contributed by atoms with Gasteiger partial charge in [0.15, 0.2) is 0 Å². The van der Waals surface area contributed by atoms with Crippen LogP contribution in [0.3, 0.4) is 0 Å². The van der Waals surface area contributed by atoms with Crippen LogP contribution in [0.2, 0.25) is 0 Å². The standard InChI is InChI=1S/C21H38O3/c1-6-7-8-9-16-12-17(22-5)19(21(13-16)14-23-21)20(4)18(24-20)11-10-15(2)3/h15-19H,6-14H2,1-5H3/t16-,17-,18+,19+,20-,21-/m0/s1. The molecule has 0 amide bonds. The van der Waals surface area contributed by atoms with Crippen molar-refractivity contribution in [1.29, 1.82) is 0 Å². The van der Waals surface area contributed by atoms with E-state index >= 15 is 0 Å². The maximum absolute atomic E-state index is 6.28. The molecule has 0 radical (unpaired) electrons. The molecule has 2 heterocycles. The van der Waals surface area contributed by atoms with E-state index in [1.54, 1.807) is 0 Å². The molecule has 0 bridgehead atoms. The highest BCUT2D eigenvalue weighted by molar-refractivity contribution is 5.18. The van der Waals surface area contributed by atoms with Gasteiger partial charge in [0.25, 0.3) is 0 Å². The lowest BCUT2D eigenvalue weighted by atomic mass is 9.65. The molecular formula is C21H38O3. The van der Waals surface area contributed by atoms with Crippen molar-refractivity contribution in [2.75, 3.05) is 13.7 Å². The zero-order valence-electron chi connectivity index (χ0n) is 16.5. The van der Waals surface area contributed by atoms with Crippen LogP contribution in [0.1, 0.15) is 79.1 Å². The van der Waals surface area contributed by atoms with Gasteiger partial charge in [-0.3, -0.25) is 0 Å². The fourth-order valence-electron chi connectivity index (χ4n) is 5.30. The van der Waals surface area contributed by atoms with Crippen molar-refractivity contribution < 1.29 is 14.2 Å². The molecule has 6 atom stereocenters. The Morgan fingerprint density at radius 1 is 1.21 bits per heavy atom. The molecule has 3 aliphatic rings. The van der Waals surface area contributed by atoms with E-state index in [-0.39, 0.29) is 11.2 Å². The van der Waals surface area contributed by atoms with Crippen LogP contribution in [0.5, 0.6) is 0 Å². The fraction of sp³-hybridized carbons (Fsp3) is 1.00. The van der Waals surface area contributed by atoms with E-state index < -0.39 is 0 Å². The summed E-state index contributed by atoms with van der Waals surface area (Å²) < 4.78 is 18.4. The van der Waals surface area contributed by atoms with Crippen molar-refractivity contribution in [3.05, 3.63) is 0 Å². The summed E-state index contributed by atoms with van der Waals surface area (Å²) in [6.45, 7) is 10.1. The first-order chi connectivity index (χ1) is 11.4. The van der Waals surface area contributed by atoms with Crippen molar-refractivity contribution in [2.24, 2.45) is 17.8 Å². The third-order valence-corrected chi connectivity index (χ3v) is 6.77. The molecule has 1 aliphatic carbocycles. The van der Waals surface area contributed by atoms with Gasteiger partial charge in [-0.05, 0) is 44.4 Å². The quantitative estimate of drug-likeness (QED) is 0.440. The minimum atomic E-state index is -0.0273. The molecule has 0 aromatic rings. The van der Waals surface area contributed by atoms with Crippen LogP contribution in [0.4, 0.5) is 0 Å². The number of methoxy groups -OCH3 is 1. The smallest absolute Gasteiger partial charge is 0.100 e. The van der Waals surface area contributed by atoms with Gasteiger partial charge in [0.05, 0.1) is 24.4 Å².